The van der Waals surface area contributed by atoms with Gasteiger partial charge in [-0.15, -0.1) is 10.2 Å². The van der Waals surface area contributed by atoms with E-state index in [1.54, 1.807) is 30.6 Å². The Balaban J connectivity index is 1.22. The van der Waals surface area contributed by atoms with Crippen LogP contribution in [0.1, 0.15) is 39.5 Å². The fraction of sp³-hybridized carbons (Fsp3) is 0.500. The van der Waals surface area contributed by atoms with Gasteiger partial charge in [0.1, 0.15) is 25.1 Å². The minimum absolute atomic E-state index is 0.0204. The molecule has 0 saturated carbocycles. The Bertz CT molecular complexity index is 1330. The van der Waals surface area contributed by atoms with Crippen molar-refractivity contribution in [2.75, 3.05) is 25.2 Å². The first-order valence-corrected chi connectivity index (χ1v) is 12.6. The van der Waals surface area contributed by atoms with Crippen molar-refractivity contribution in [3.63, 3.8) is 0 Å². The number of phenols is 1. The van der Waals surface area contributed by atoms with Crippen molar-refractivity contribution in [2.45, 2.75) is 62.8 Å². The van der Waals surface area contributed by atoms with Crippen LogP contribution in [0.4, 0.5) is 10.2 Å². The second-order valence-corrected chi connectivity index (χ2v) is 10.7. The van der Waals surface area contributed by atoms with Crippen LogP contribution in [0.5, 0.6) is 17.5 Å². The lowest BCUT2D eigenvalue weighted by Gasteiger charge is -2.56. The largest absolute Gasteiger partial charge is 0.507 e. The SMILES string of the molecule is CN(c1cnc(-c2ccc(-c3cnc4c(n3)OCCO4)cc2O)nn1)[C@@H]1C[C@@]2(C)CCC[C@](C)(N2)[C@@H]1F. The van der Waals surface area contributed by atoms with Crippen molar-refractivity contribution in [3.05, 3.63) is 30.6 Å². The number of nitrogens with zero attached hydrogens (tertiary/aromatic N) is 6. The number of halogens is 1. The number of fused-ring (bicyclic) bond motifs is 3. The molecule has 1 aromatic carbocycles. The Hall–Kier alpha value is -3.60. The summed E-state index contributed by atoms with van der Waals surface area (Å²) < 4.78 is 26.6. The van der Waals surface area contributed by atoms with E-state index >= 15 is 4.39 Å². The molecule has 0 radical (unpaired) electrons. The zero-order chi connectivity index (χ0) is 25.8. The Kier molecular flexibility index (Phi) is 5.63. The number of aromatic nitrogens is 5. The molecule has 37 heavy (non-hydrogen) atoms. The molecule has 2 bridgehead atoms. The van der Waals surface area contributed by atoms with Gasteiger partial charge in [0.25, 0.3) is 11.8 Å². The summed E-state index contributed by atoms with van der Waals surface area (Å²) in [7, 11) is 1.84. The molecular weight excluding hydrogens is 477 g/mol. The molecule has 2 saturated heterocycles. The van der Waals surface area contributed by atoms with Gasteiger partial charge in [-0.1, -0.05) is 6.07 Å². The van der Waals surface area contributed by atoms with Crippen molar-refractivity contribution < 1.29 is 19.0 Å². The number of ether oxygens (including phenoxy) is 2. The van der Waals surface area contributed by atoms with Gasteiger partial charge in [-0.3, -0.25) is 0 Å². The van der Waals surface area contributed by atoms with E-state index < -0.39 is 11.7 Å². The van der Waals surface area contributed by atoms with Gasteiger partial charge in [0.15, 0.2) is 11.6 Å². The van der Waals surface area contributed by atoms with Crippen molar-refractivity contribution >= 4 is 5.82 Å². The highest BCUT2D eigenvalue weighted by atomic mass is 19.1. The molecule has 5 heterocycles. The molecule has 3 aliphatic rings. The van der Waals surface area contributed by atoms with E-state index in [0.29, 0.717) is 54.0 Å². The number of nitrogens with one attached hydrogen (secondary N) is 1. The van der Waals surface area contributed by atoms with Crippen LogP contribution >= 0.6 is 0 Å². The third-order valence-corrected chi connectivity index (χ3v) is 7.83. The number of hydrogen-bond acceptors (Lipinski definition) is 10. The van der Waals surface area contributed by atoms with Gasteiger partial charge >= 0.3 is 0 Å². The second kappa shape index (κ2) is 8.76. The van der Waals surface area contributed by atoms with E-state index in [0.717, 1.165) is 19.3 Å². The normalized spacial score (nSPS) is 28.5. The van der Waals surface area contributed by atoms with Gasteiger partial charge in [-0.05, 0) is 51.7 Å². The first kappa shape index (κ1) is 23.8. The van der Waals surface area contributed by atoms with Gasteiger partial charge < -0.3 is 24.8 Å². The fourth-order valence-electron chi connectivity index (χ4n) is 5.92. The molecule has 3 aliphatic heterocycles. The van der Waals surface area contributed by atoms with Gasteiger partial charge in [-0.25, -0.2) is 19.3 Å². The third-order valence-electron chi connectivity index (χ3n) is 7.83. The number of hydrogen-bond donors (Lipinski definition) is 2. The quantitative estimate of drug-likeness (QED) is 0.544. The number of alkyl halides is 1. The predicted molar refractivity (Wildman–Crippen MR) is 134 cm³/mol. The van der Waals surface area contributed by atoms with Gasteiger partial charge in [0.2, 0.25) is 0 Å². The first-order chi connectivity index (χ1) is 17.7. The summed E-state index contributed by atoms with van der Waals surface area (Å²) in [4.78, 5) is 15.0. The summed E-state index contributed by atoms with van der Waals surface area (Å²) in [5, 5.41) is 22.9. The monoisotopic (exact) mass is 507 g/mol. The smallest absolute Gasteiger partial charge is 0.278 e. The summed E-state index contributed by atoms with van der Waals surface area (Å²) >= 11 is 0. The average molecular weight is 508 g/mol. The number of anilines is 1. The highest BCUT2D eigenvalue weighted by Crippen LogP contribution is 2.43. The van der Waals surface area contributed by atoms with E-state index in [1.165, 1.54) is 0 Å². The maximum absolute atomic E-state index is 15.6. The molecule has 0 aliphatic carbocycles. The summed E-state index contributed by atoms with van der Waals surface area (Å²) in [6.45, 7) is 5.00. The molecule has 0 amide bonds. The Morgan fingerprint density at radius 3 is 2.65 bits per heavy atom. The summed E-state index contributed by atoms with van der Waals surface area (Å²) in [6.07, 6.45) is 5.63. The summed E-state index contributed by atoms with van der Waals surface area (Å²) in [6, 6.07) is 4.73. The fourth-order valence-corrected chi connectivity index (χ4v) is 5.92. The number of benzene rings is 1. The van der Waals surface area contributed by atoms with Crippen molar-refractivity contribution in [2.24, 2.45) is 0 Å². The van der Waals surface area contributed by atoms with Crippen LogP contribution in [0, 0.1) is 0 Å². The molecule has 2 N–H and O–H groups in total. The van der Waals surface area contributed by atoms with Gasteiger partial charge in [0.05, 0.1) is 29.7 Å². The Morgan fingerprint density at radius 2 is 1.89 bits per heavy atom. The van der Waals surface area contributed by atoms with E-state index in [4.69, 9.17) is 9.47 Å². The Labute approximate surface area is 214 Å². The highest BCUT2D eigenvalue weighted by molar-refractivity contribution is 5.71. The van der Waals surface area contributed by atoms with Crippen LogP contribution in [0.15, 0.2) is 30.6 Å². The van der Waals surface area contributed by atoms with E-state index in [2.05, 4.69) is 37.4 Å². The number of rotatable bonds is 4. The molecule has 4 atom stereocenters. The van der Waals surface area contributed by atoms with Crippen molar-refractivity contribution in [1.82, 2.24) is 30.5 Å². The van der Waals surface area contributed by atoms with Crippen LogP contribution in [0.2, 0.25) is 0 Å². The minimum Gasteiger partial charge on any atom is -0.507 e. The van der Waals surface area contributed by atoms with Crippen molar-refractivity contribution in [1.29, 1.82) is 0 Å². The zero-order valence-electron chi connectivity index (χ0n) is 21.1. The lowest BCUT2D eigenvalue weighted by molar-refractivity contribution is 0.00193. The minimum atomic E-state index is -1.05. The number of phenolic OH excluding ortho intramolecular Hbond substituents is 1. The first-order valence-electron chi connectivity index (χ1n) is 12.6. The molecule has 0 unspecified atom stereocenters. The molecule has 2 aromatic heterocycles. The average Bonchev–Trinajstić information content (AvgIpc) is 2.90. The third kappa shape index (κ3) is 4.20. The van der Waals surface area contributed by atoms with Crippen LogP contribution in [0.3, 0.4) is 0 Å². The summed E-state index contributed by atoms with van der Waals surface area (Å²) in [5.41, 5.74) is 0.958. The maximum atomic E-state index is 15.6. The molecule has 194 valence electrons. The Morgan fingerprint density at radius 1 is 1.08 bits per heavy atom. The van der Waals surface area contributed by atoms with E-state index in [-0.39, 0.29) is 23.2 Å². The van der Waals surface area contributed by atoms with Gasteiger partial charge in [0, 0.05) is 23.7 Å². The van der Waals surface area contributed by atoms with Crippen LogP contribution < -0.4 is 19.7 Å². The molecule has 2 fully saturated rings. The topological polar surface area (TPSA) is 118 Å². The highest BCUT2D eigenvalue weighted by Gasteiger charge is 2.53. The molecular formula is C26H30FN7O3. The summed E-state index contributed by atoms with van der Waals surface area (Å²) in [5.74, 6) is 1.43. The standard InChI is InChI=1S/C26H30FN7O3/c1-25-7-4-8-26(2,33-25)21(27)18(12-25)34(3)20-14-28-22(32-31-20)16-6-5-15(11-19(16)35)17-13-29-23-24(30-17)37-10-9-36-23/h5-6,11,13-14,18,21,33,35H,4,7-10,12H2,1-3H3/t18-,21-,25-,26+/m1/s1. The van der Waals surface area contributed by atoms with Crippen LogP contribution in [0.25, 0.3) is 22.6 Å². The molecule has 10 nitrogen and oxygen atoms in total. The lowest BCUT2D eigenvalue weighted by Crippen LogP contribution is -2.72. The van der Waals surface area contributed by atoms with Gasteiger partial charge in [-0.2, -0.15) is 0 Å². The zero-order valence-corrected chi connectivity index (χ0v) is 21.1. The lowest BCUT2D eigenvalue weighted by atomic mass is 9.68. The molecule has 6 rings (SSSR count). The van der Waals surface area contributed by atoms with E-state index in [9.17, 15) is 5.11 Å². The number of aromatic hydroxyl groups is 1. The molecule has 11 heteroatoms. The number of piperidine rings is 2. The predicted octanol–water partition coefficient (Wildman–Crippen LogP) is 3.31. The molecule has 0 spiro atoms. The molecule has 3 aromatic rings. The second-order valence-electron chi connectivity index (χ2n) is 10.7. The van der Waals surface area contributed by atoms with Crippen molar-refractivity contribution in [3.8, 4) is 40.2 Å². The van der Waals surface area contributed by atoms with Crippen LogP contribution in [-0.4, -0.2) is 73.8 Å². The maximum Gasteiger partial charge on any atom is 0.278 e. The van der Waals surface area contributed by atoms with E-state index in [1.807, 2.05) is 18.9 Å². The van der Waals surface area contributed by atoms with Crippen LogP contribution in [-0.2, 0) is 0 Å².